The highest BCUT2D eigenvalue weighted by Crippen LogP contribution is 2.29. The normalized spacial score (nSPS) is 14.1. The summed E-state index contributed by atoms with van der Waals surface area (Å²) in [7, 11) is 1.71. The van der Waals surface area contributed by atoms with Gasteiger partial charge in [0.1, 0.15) is 0 Å². The lowest BCUT2D eigenvalue weighted by Crippen LogP contribution is -2.39. The molecule has 2 heterocycles. The zero-order valence-corrected chi connectivity index (χ0v) is 25.1. The summed E-state index contributed by atoms with van der Waals surface area (Å²) in [5.41, 5.74) is 12.5. The Hall–Kier alpha value is -4.43. The van der Waals surface area contributed by atoms with E-state index in [9.17, 15) is 9.59 Å². The van der Waals surface area contributed by atoms with Gasteiger partial charge in [0.15, 0.2) is 5.82 Å². The molecule has 218 valence electrons. The first-order chi connectivity index (χ1) is 20.0. The molecule has 0 atom stereocenters. The lowest BCUT2D eigenvalue weighted by atomic mass is 9.86. The van der Waals surface area contributed by atoms with Gasteiger partial charge in [-0.05, 0) is 78.8 Å². The largest absolute Gasteiger partial charge is 0.371 e. The number of hydrogen-bond donors (Lipinski definition) is 3. The molecule has 4 N–H and O–H groups in total. The minimum absolute atomic E-state index is 0.0159. The van der Waals surface area contributed by atoms with Crippen LogP contribution in [-0.4, -0.2) is 34.6 Å². The van der Waals surface area contributed by atoms with Crippen LogP contribution in [0.25, 0.3) is 11.3 Å². The highest BCUT2D eigenvalue weighted by Gasteiger charge is 2.18. The van der Waals surface area contributed by atoms with Gasteiger partial charge in [-0.15, -0.1) is 0 Å². The van der Waals surface area contributed by atoms with Gasteiger partial charge in [0.05, 0.1) is 5.69 Å². The second kappa shape index (κ2) is 11.8. The number of carbonyl (C=O) groups is 1. The van der Waals surface area contributed by atoms with Gasteiger partial charge in [-0.1, -0.05) is 45.0 Å². The van der Waals surface area contributed by atoms with Crippen LogP contribution in [0.1, 0.15) is 55.1 Å². The maximum atomic E-state index is 13.1. The topological polar surface area (TPSA) is 105 Å². The van der Waals surface area contributed by atoms with Crippen LogP contribution < -0.4 is 26.8 Å². The van der Waals surface area contributed by atoms with Crippen LogP contribution in [0.2, 0.25) is 0 Å². The van der Waals surface area contributed by atoms with Crippen LogP contribution in [0.15, 0.2) is 77.7 Å². The van der Waals surface area contributed by atoms with Crippen molar-refractivity contribution in [1.29, 1.82) is 0 Å². The Morgan fingerprint density at radius 2 is 1.64 bits per heavy atom. The monoisotopic (exact) mass is 564 g/mol. The molecule has 8 heteroatoms. The number of benzene rings is 3. The third-order valence-corrected chi connectivity index (χ3v) is 7.98. The molecule has 0 saturated carbocycles. The van der Waals surface area contributed by atoms with E-state index in [1.807, 2.05) is 61.5 Å². The van der Waals surface area contributed by atoms with Crippen LogP contribution in [0, 0.1) is 6.92 Å². The number of aryl methyl sites for hydroxylation is 1. The van der Waals surface area contributed by atoms with Gasteiger partial charge in [-0.2, -0.15) is 0 Å². The Kier molecular flexibility index (Phi) is 8.18. The predicted octanol–water partition coefficient (Wildman–Crippen LogP) is 5.98. The summed E-state index contributed by atoms with van der Waals surface area (Å²) in [4.78, 5) is 33.1. The number of aromatic nitrogens is 2. The van der Waals surface area contributed by atoms with Crippen LogP contribution in [0.5, 0.6) is 0 Å². The van der Waals surface area contributed by atoms with Gasteiger partial charge >= 0.3 is 0 Å². The molecule has 1 fully saturated rings. The average Bonchev–Trinajstić information content (AvgIpc) is 2.97. The molecule has 42 heavy (non-hydrogen) atoms. The molecule has 1 amide bonds. The molecule has 0 bridgehead atoms. The molecule has 0 radical (unpaired) electrons. The van der Waals surface area contributed by atoms with Crippen molar-refractivity contribution in [3.8, 4) is 11.3 Å². The second-order valence-electron chi connectivity index (χ2n) is 12.1. The van der Waals surface area contributed by atoms with Crippen molar-refractivity contribution in [2.45, 2.75) is 52.0 Å². The summed E-state index contributed by atoms with van der Waals surface area (Å²) in [6, 6.07) is 21.7. The highest BCUT2D eigenvalue weighted by atomic mass is 16.1. The van der Waals surface area contributed by atoms with E-state index in [0.29, 0.717) is 16.9 Å². The van der Waals surface area contributed by atoms with Crippen molar-refractivity contribution in [3.05, 3.63) is 100.0 Å². The lowest BCUT2D eigenvalue weighted by molar-refractivity contribution is 0.102. The third kappa shape index (κ3) is 6.39. The minimum atomic E-state index is -0.228. The fraction of sp³-hybridized carbons (Fsp3) is 0.324. The number of rotatable bonds is 6. The van der Waals surface area contributed by atoms with E-state index in [4.69, 9.17) is 10.7 Å². The zero-order chi connectivity index (χ0) is 30.0. The first kappa shape index (κ1) is 29.1. The molecular weight excluding hydrogens is 524 g/mol. The zero-order valence-electron chi connectivity index (χ0n) is 25.1. The summed E-state index contributed by atoms with van der Waals surface area (Å²) in [6.45, 7) is 10.3. The molecule has 0 unspecified atom stereocenters. The van der Waals surface area contributed by atoms with E-state index < -0.39 is 0 Å². The molecule has 5 rings (SSSR count). The maximum absolute atomic E-state index is 13.1. The van der Waals surface area contributed by atoms with Crippen LogP contribution >= 0.6 is 0 Å². The fourth-order valence-electron chi connectivity index (χ4n) is 5.23. The van der Waals surface area contributed by atoms with E-state index in [0.717, 1.165) is 48.4 Å². The highest BCUT2D eigenvalue weighted by molar-refractivity contribution is 6.05. The van der Waals surface area contributed by atoms with Gasteiger partial charge in [0, 0.05) is 60.6 Å². The Morgan fingerprint density at radius 3 is 2.29 bits per heavy atom. The Morgan fingerprint density at radius 1 is 0.976 bits per heavy atom. The first-order valence-electron chi connectivity index (χ1n) is 14.5. The van der Waals surface area contributed by atoms with Crippen LogP contribution in [0.3, 0.4) is 0 Å². The molecule has 0 spiro atoms. The van der Waals surface area contributed by atoms with Gasteiger partial charge in [0.2, 0.25) is 0 Å². The van der Waals surface area contributed by atoms with Crippen molar-refractivity contribution >= 4 is 28.8 Å². The summed E-state index contributed by atoms with van der Waals surface area (Å²) in [5.74, 6) is 0.0572. The molecule has 3 aromatic carbocycles. The minimum Gasteiger partial charge on any atom is -0.371 e. The third-order valence-electron chi connectivity index (χ3n) is 7.98. The van der Waals surface area contributed by atoms with E-state index >= 15 is 0 Å². The number of nitrogens with two attached hydrogens (primary N) is 1. The van der Waals surface area contributed by atoms with Crippen LogP contribution in [-0.2, 0) is 12.5 Å². The van der Waals surface area contributed by atoms with E-state index in [2.05, 4.69) is 48.4 Å². The summed E-state index contributed by atoms with van der Waals surface area (Å²) >= 11 is 0. The number of nitrogens with zero attached hydrogens (tertiary/aromatic N) is 3. The molecule has 0 aliphatic carbocycles. The van der Waals surface area contributed by atoms with Crippen molar-refractivity contribution in [2.24, 2.45) is 12.8 Å². The average molecular weight is 565 g/mol. The predicted molar refractivity (Wildman–Crippen MR) is 172 cm³/mol. The molecule has 1 aliphatic heterocycles. The van der Waals surface area contributed by atoms with E-state index in [-0.39, 0.29) is 28.7 Å². The first-order valence-corrected chi connectivity index (χ1v) is 14.5. The number of hydrogen-bond acceptors (Lipinski definition) is 6. The van der Waals surface area contributed by atoms with Crippen molar-refractivity contribution < 1.29 is 4.79 Å². The second-order valence-corrected chi connectivity index (χ2v) is 12.1. The van der Waals surface area contributed by atoms with Crippen molar-refractivity contribution in [2.75, 3.05) is 28.6 Å². The van der Waals surface area contributed by atoms with Gasteiger partial charge in [-0.3, -0.25) is 9.59 Å². The number of anilines is 4. The summed E-state index contributed by atoms with van der Waals surface area (Å²) < 4.78 is 1.53. The van der Waals surface area contributed by atoms with Crippen molar-refractivity contribution in [3.63, 3.8) is 0 Å². The number of amides is 1. The Labute approximate surface area is 247 Å². The SMILES string of the molecule is Cc1c(NC(=O)c2ccc(C(C)(C)C)cc2)cccc1-c1cn(C)c(=O)c(Nc2ccc(N3CCC(N)CC3)cc2)n1. The van der Waals surface area contributed by atoms with E-state index in [1.54, 1.807) is 13.2 Å². The summed E-state index contributed by atoms with van der Waals surface area (Å²) in [6.07, 6.45) is 3.69. The molecular formula is C34H40N6O2. The Balaban J connectivity index is 1.36. The smallest absolute Gasteiger partial charge is 0.293 e. The molecule has 1 aliphatic rings. The quantitative estimate of drug-likeness (QED) is 0.266. The van der Waals surface area contributed by atoms with Crippen LogP contribution in [0.4, 0.5) is 22.9 Å². The molecule has 1 saturated heterocycles. The molecule has 8 nitrogen and oxygen atoms in total. The molecule has 4 aromatic rings. The van der Waals surface area contributed by atoms with Gasteiger partial charge < -0.3 is 25.8 Å². The number of piperidine rings is 1. The van der Waals surface area contributed by atoms with Gasteiger partial charge in [0.25, 0.3) is 11.5 Å². The number of carbonyl (C=O) groups excluding carboxylic acids is 1. The lowest BCUT2D eigenvalue weighted by Gasteiger charge is -2.32. The van der Waals surface area contributed by atoms with Gasteiger partial charge in [-0.25, -0.2) is 4.98 Å². The van der Waals surface area contributed by atoms with E-state index in [1.165, 1.54) is 10.1 Å². The fourth-order valence-corrected chi connectivity index (χ4v) is 5.23. The Bertz CT molecular complexity index is 1630. The standard InChI is InChI=1S/C34H40N6O2/c1-22-28(7-6-8-29(22)38-32(41)23-9-11-24(12-10-23)34(2,3)4)30-21-39(5)33(42)31(37-30)36-26-13-15-27(16-14-26)40-19-17-25(35)18-20-40/h6-16,21,25H,17-20,35H2,1-5H3,(H,36,37)(H,38,41). The maximum Gasteiger partial charge on any atom is 0.293 e. The van der Waals surface area contributed by atoms with Crippen molar-refractivity contribution in [1.82, 2.24) is 9.55 Å². The summed E-state index contributed by atoms with van der Waals surface area (Å²) in [5, 5.41) is 6.26. The molecule has 1 aromatic heterocycles. The number of nitrogens with one attached hydrogen (secondary N) is 2.